The zero-order valence-electron chi connectivity index (χ0n) is 13.1. The van der Waals surface area contributed by atoms with Crippen LogP contribution >= 0.6 is 0 Å². The van der Waals surface area contributed by atoms with E-state index in [-0.39, 0.29) is 18.0 Å². The maximum Gasteiger partial charge on any atom is 0.223 e. The summed E-state index contributed by atoms with van der Waals surface area (Å²) in [4.78, 5) is 16.6. The Morgan fingerprint density at radius 3 is 2.47 bits per heavy atom. The van der Waals surface area contributed by atoms with E-state index in [1.54, 1.807) is 0 Å². The smallest absolute Gasteiger partial charge is 0.223 e. The Bertz CT molecular complexity index is 281. The summed E-state index contributed by atoms with van der Waals surface area (Å²) >= 11 is 0. The third kappa shape index (κ3) is 5.11. The third-order valence-electron chi connectivity index (χ3n) is 4.23. The van der Waals surface area contributed by atoms with E-state index < -0.39 is 0 Å². The van der Waals surface area contributed by atoms with Crippen molar-refractivity contribution < 1.29 is 4.79 Å². The highest BCUT2D eigenvalue weighted by Crippen LogP contribution is 2.26. The summed E-state index contributed by atoms with van der Waals surface area (Å²) in [7, 11) is 4.09. The predicted octanol–water partition coefficient (Wildman–Crippen LogP) is 1.69. The van der Waals surface area contributed by atoms with Crippen LogP contribution in [0.25, 0.3) is 0 Å². The molecular weight excluding hydrogens is 238 g/mol. The zero-order valence-corrected chi connectivity index (χ0v) is 13.1. The Balaban J connectivity index is 2.53. The maximum absolute atomic E-state index is 12.5. The summed E-state index contributed by atoms with van der Waals surface area (Å²) in [6, 6.07) is 0.493. The van der Waals surface area contributed by atoms with Crippen LogP contribution in [0.4, 0.5) is 0 Å². The third-order valence-corrected chi connectivity index (χ3v) is 4.23. The van der Waals surface area contributed by atoms with Gasteiger partial charge in [0.05, 0.1) is 0 Å². The van der Waals surface area contributed by atoms with Crippen molar-refractivity contribution in [3.05, 3.63) is 0 Å². The fourth-order valence-electron chi connectivity index (χ4n) is 3.19. The molecule has 4 nitrogen and oxygen atoms in total. The van der Waals surface area contributed by atoms with Crippen LogP contribution in [-0.2, 0) is 4.79 Å². The second-order valence-corrected chi connectivity index (χ2v) is 6.20. The minimum atomic E-state index is 0.223. The van der Waals surface area contributed by atoms with Crippen LogP contribution < -0.4 is 5.73 Å². The summed E-state index contributed by atoms with van der Waals surface area (Å²) in [6.07, 6.45) is 5.28. The lowest BCUT2D eigenvalue weighted by Crippen LogP contribution is -2.45. The van der Waals surface area contributed by atoms with Crippen molar-refractivity contribution in [3.8, 4) is 0 Å². The van der Waals surface area contributed by atoms with Gasteiger partial charge in [-0.05, 0) is 46.7 Å². The number of likely N-dealkylation sites (N-methyl/N-ethyl adjacent to an activating group) is 2. The Kier molecular flexibility index (Phi) is 6.80. The summed E-state index contributed by atoms with van der Waals surface area (Å²) in [5.41, 5.74) is 6.15. The molecule has 1 rings (SSSR count). The van der Waals surface area contributed by atoms with Gasteiger partial charge in [0, 0.05) is 31.6 Å². The van der Waals surface area contributed by atoms with E-state index in [0.717, 1.165) is 25.9 Å². The van der Waals surface area contributed by atoms with E-state index in [1.165, 1.54) is 12.8 Å². The van der Waals surface area contributed by atoms with Crippen molar-refractivity contribution in [1.82, 2.24) is 9.80 Å². The molecule has 1 amide bonds. The molecular formula is C15H31N3O. The van der Waals surface area contributed by atoms with E-state index in [0.29, 0.717) is 12.3 Å². The first-order chi connectivity index (χ1) is 8.95. The first-order valence-electron chi connectivity index (χ1n) is 7.65. The molecule has 0 radical (unpaired) electrons. The summed E-state index contributed by atoms with van der Waals surface area (Å²) in [5.74, 6) is 0.668. The van der Waals surface area contributed by atoms with E-state index >= 15 is 0 Å². The van der Waals surface area contributed by atoms with Gasteiger partial charge in [0.2, 0.25) is 5.91 Å². The van der Waals surface area contributed by atoms with Crippen LogP contribution in [0, 0.1) is 5.92 Å². The average Bonchev–Trinajstić information content (AvgIpc) is 2.32. The second-order valence-electron chi connectivity index (χ2n) is 6.20. The van der Waals surface area contributed by atoms with Gasteiger partial charge in [0.25, 0.3) is 0 Å². The number of amides is 1. The minimum absolute atomic E-state index is 0.223. The van der Waals surface area contributed by atoms with Crippen LogP contribution in [0.15, 0.2) is 0 Å². The number of hydrogen-bond donors (Lipinski definition) is 1. The van der Waals surface area contributed by atoms with Gasteiger partial charge < -0.3 is 15.5 Å². The molecule has 3 atom stereocenters. The van der Waals surface area contributed by atoms with E-state index in [1.807, 2.05) is 19.0 Å². The van der Waals surface area contributed by atoms with Crippen molar-refractivity contribution in [3.63, 3.8) is 0 Å². The van der Waals surface area contributed by atoms with Crippen LogP contribution in [0.3, 0.4) is 0 Å². The lowest BCUT2D eigenvalue weighted by Gasteiger charge is -2.34. The molecule has 0 bridgehead atoms. The molecule has 3 unspecified atom stereocenters. The Hall–Kier alpha value is -0.610. The van der Waals surface area contributed by atoms with Gasteiger partial charge in [-0.25, -0.2) is 0 Å². The van der Waals surface area contributed by atoms with Gasteiger partial charge in [-0.2, -0.15) is 0 Å². The van der Waals surface area contributed by atoms with Crippen LogP contribution in [0.2, 0.25) is 0 Å². The molecule has 1 aliphatic carbocycles. The van der Waals surface area contributed by atoms with Crippen molar-refractivity contribution in [2.75, 3.05) is 27.2 Å². The number of rotatable bonds is 6. The normalized spacial score (nSPS) is 25.4. The molecule has 0 heterocycles. The number of hydrogen-bond acceptors (Lipinski definition) is 3. The molecule has 19 heavy (non-hydrogen) atoms. The van der Waals surface area contributed by atoms with Gasteiger partial charge in [-0.1, -0.05) is 12.8 Å². The van der Waals surface area contributed by atoms with Crippen molar-refractivity contribution >= 4 is 5.91 Å². The first kappa shape index (κ1) is 16.4. The van der Waals surface area contributed by atoms with E-state index in [9.17, 15) is 4.79 Å². The highest BCUT2D eigenvalue weighted by molar-refractivity contribution is 5.76. The molecule has 2 N–H and O–H groups in total. The monoisotopic (exact) mass is 269 g/mol. The minimum Gasteiger partial charge on any atom is -0.339 e. The number of carbonyl (C=O) groups excluding carboxylic acids is 1. The predicted molar refractivity (Wildman–Crippen MR) is 80.0 cm³/mol. The Morgan fingerprint density at radius 2 is 1.95 bits per heavy atom. The fourth-order valence-corrected chi connectivity index (χ4v) is 3.19. The lowest BCUT2D eigenvalue weighted by atomic mass is 9.82. The fraction of sp³-hybridized carbons (Fsp3) is 0.933. The van der Waals surface area contributed by atoms with Crippen LogP contribution in [0.1, 0.15) is 46.0 Å². The molecule has 1 saturated carbocycles. The van der Waals surface area contributed by atoms with Gasteiger partial charge in [0.15, 0.2) is 0 Å². The molecule has 112 valence electrons. The summed E-state index contributed by atoms with van der Waals surface area (Å²) < 4.78 is 0. The van der Waals surface area contributed by atoms with Gasteiger partial charge in [-0.3, -0.25) is 4.79 Å². The average molecular weight is 269 g/mol. The number of nitrogens with zero attached hydrogens (tertiary/aromatic N) is 2. The molecule has 0 aromatic carbocycles. The van der Waals surface area contributed by atoms with Gasteiger partial charge >= 0.3 is 0 Å². The molecule has 1 fully saturated rings. The molecule has 0 aromatic rings. The zero-order chi connectivity index (χ0) is 14.4. The second kappa shape index (κ2) is 7.85. The quantitative estimate of drug-likeness (QED) is 0.798. The number of carbonyl (C=O) groups is 1. The Labute approximate surface area is 118 Å². The molecule has 1 aliphatic rings. The van der Waals surface area contributed by atoms with Crippen molar-refractivity contribution in [2.24, 2.45) is 11.7 Å². The van der Waals surface area contributed by atoms with E-state index in [2.05, 4.69) is 18.7 Å². The van der Waals surface area contributed by atoms with Crippen LogP contribution in [-0.4, -0.2) is 55.0 Å². The SMILES string of the molecule is CCN(C(=O)CC1CCCCC1N)C(C)CN(C)C. The van der Waals surface area contributed by atoms with Crippen LogP contribution in [0.5, 0.6) is 0 Å². The largest absolute Gasteiger partial charge is 0.339 e. The molecule has 0 saturated heterocycles. The Morgan fingerprint density at radius 1 is 1.32 bits per heavy atom. The molecule has 4 heteroatoms. The van der Waals surface area contributed by atoms with Gasteiger partial charge in [-0.15, -0.1) is 0 Å². The summed E-state index contributed by atoms with van der Waals surface area (Å²) in [6.45, 7) is 5.89. The maximum atomic E-state index is 12.5. The lowest BCUT2D eigenvalue weighted by molar-refractivity contribution is -0.134. The molecule has 0 spiro atoms. The first-order valence-corrected chi connectivity index (χ1v) is 7.65. The number of nitrogens with two attached hydrogens (primary N) is 1. The highest BCUT2D eigenvalue weighted by atomic mass is 16.2. The van der Waals surface area contributed by atoms with Crippen molar-refractivity contribution in [2.45, 2.75) is 58.0 Å². The molecule has 0 aliphatic heterocycles. The molecule has 0 aromatic heterocycles. The highest BCUT2D eigenvalue weighted by Gasteiger charge is 2.27. The summed E-state index contributed by atoms with van der Waals surface area (Å²) in [5, 5.41) is 0. The standard InChI is InChI=1S/C15H31N3O/c1-5-18(12(2)11-17(3)4)15(19)10-13-8-6-7-9-14(13)16/h12-14H,5-11,16H2,1-4H3. The van der Waals surface area contributed by atoms with Gasteiger partial charge in [0.1, 0.15) is 0 Å². The van der Waals surface area contributed by atoms with Crippen molar-refractivity contribution in [1.29, 1.82) is 0 Å². The topological polar surface area (TPSA) is 49.6 Å². The van der Waals surface area contributed by atoms with E-state index in [4.69, 9.17) is 5.73 Å².